The topological polar surface area (TPSA) is 37.4 Å². The van der Waals surface area contributed by atoms with Crippen LogP contribution in [0.4, 0.5) is 0 Å². The van der Waals surface area contributed by atoms with E-state index in [1.54, 1.807) is 22.9 Å². The van der Waals surface area contributed by atoms with Crippen LogP contribution < -0.4 is 0 Å². The molecule has 0 saturated carbocycles. The van der Waals surface area contributed by atoms with Gasteiger partial charge in [-0.2, -0.15) is 12.6 Å². The zero-order chi connectivity index (χ0) is 7.02. The SMILES string of the molecule is O=C1CC(S)C(=O)N1I. The number of imide groups is 1. The molecule has 1 heterocycles. The fraction of sp³-hybridized carbons (Fsp3) is 0.500. The van der Waals surface area contributed by atoms with Gasteiger partial charge in [-0.05, 0) is 0 Å². The van der Waals surface area contributed by atoms with Gasteiger partial charge in [0.15, 0.2) is 0 Å². The number of carbonyl (C=O) groups excluding carboxylic acids is 2. The van der Waals surface area contributed by atoms with Gasteiger partial charge in [0.2, 0.25) is 5.91 Å². The Bertz CT molecular complexity index is 172. The smallest absolute Gasteiger partial charge is 0.251 e. The van der Waals surface area contributed by atoms with Crippen molar-refractivity contribution in [2.24, 2.45) is 0 Å². The summed E-state index contributed by atoms with van der Waals surface area (Å²) >= 11 is 5.57. The maximum Gasteiger partial charge on any atom is 0.251 e. The molecule has 0 aliphatic carbocycles. The third kappa shape index (κ3) is 1.21. The Kier molecular flexibility index (Phi) is 2.00. The van der Waals surface area contributed by atoms with Crippen molar-refractivity contribution in [3.05, 3.63) is 0 Å². The molecule has 9 heavy (non-hydrogen) atoms. The maximum atomic E-state index is 10.7. The van der Waals surface area contributed by atoms with Gasteiger partial charge in [0.1, 0.15) is 0 Å². The second-order valence-corrected chi connectivity index (χ2v) is 3.32. The molecule has 1 atom stereocenters. The van der Waals surface area contributed by atoms with Crippen LogP contribution in [-0.2, 0) is 9.59 Å². The molecule has 0 aromatic carbocycles. The Hall–Kier alpha value is 0.220. The first-order valence-electron chi connectivity index (χ1n) is 2.33. The molecular formula is C4H4INO2S. The molecule has 0 spiro atoms. The van der Waals surface area contributed by atoms with E-state index in [2.05, 4.69) is 12.6 Å². The highest BCUT2D eigenvalue weighted by Gasteiger charge is 2.34. The van der Waals surface area contributed by atoms with Gasteiger partial charge < -0.3 is 0 Å². The van der Waals surface area contributed by atoms with Crippen LogP contribution in [0.3, 0.4) is 0 Å². The van der Waals surface area contributed by atoms with Gasteiger partial charge in [-0.1, -0.05) is 0 Å². The fourth-order valence-electron chi connectivity index (χ4n) is 0.587. The summed E-state index contributed by atoms with van der Waals surface area (Å²) in [6.07, 6.45) is 0.241. The molecule has 1 fully saturated rings. The van der Waals surface area contributed by atoms with E-state index in [4.69, 9.17) is 0 Å². The number of hydrogen-bond acceptors (Lipinski definition) is 3. The molecule has 1 aliphatic rings. The summed E-state index contributed by atoms with van der Waals surface area (Å²) < 4.78 is 1.08. The van der Waals surface area contributed by atoms with Gasteiger partial charge in [-0.3, -0.25) is 9.59 Å². The van der Waals surface area contributed by atoms with Crippen molar-refractivity contribution in [1.82, 2.24) is 3.11 Å². The molecule has 0 radical (unpaired) electrons. The standard InChI is InChI=1S/C4H4INO2S/c5-6-3(7)1-2(9)4(6)8/h2,9H,1H2. The monoisotopic (exact) mass is 257 g/mol. The van der Waals surface area contributed by atoms with E-state index in [1.807, 2.05) is 0 Å². The van der Waals surface area contributed by atoms with E-state index in [0.29, 0.717) is 0 Å². The van der Waals surface area contributed by atoms with Crippen LogP contribution in [0.2, 0.25) is 0 Å². The normalized spacial score (nSPS) is 27.8. The Morgan fingerprint density at radius 1 is 1.67 bits per heavy atom. The summed E-state index contributed by atoms with van der Waals surface area (Å²) in [6.45, 7) is 0. The summed E-state index contributed by atoms with van der Waals surface area (Å²) in [7, 11) is 0. The number of halogens is 1. The molecule has 1 unspecified atom stereocenters. The number of rotatable bonds is 0. The Morgan fingerprint density at radius 3 is 2.33 bits per heavy atom. The number of thiol groups is 1. The van der Waals surface area contributed by atoms with E-state index >= 15 is 0 Å². The Morgan fingerprint density at radius 2 is 2.22 bits per heavy atom. The van der Waals surface area contributed by atoms with E-state index in [1.165, 1.54) is 0 Å². The lowest BCUT2D eigenvalue weighted by Gasteiger charge is -1.99. The number of nitrogens with zero attached hydrogens (tertiary/aromatic N) is 1. The number of hydrogen-bond donors (Lipinski definition) is 1. The van der Waals surface area contributed by atoms with Crippen LogP contribution >= 0.6 is 35.5 Å². The van der Waals surface area contributed by atoms with Crippen molar-refractivity contribution >= 4 is 47.3 Å². The van der Waals surface area contributed by atoms with E-state index in [9.17, 15) is 9.59 Å². The summed E-state index contributed by atoms with van der Waals surface area (Å²) in [6, 6.07) is 0. The van der Waals surface area contributed by atoms with Crippen LogP contribution in [0.5, 0.6) is 0 Å². The fourth-order valence-corrected chi connectivity index (χ4v) is 1.61. The van der Waals surface area contributed by atoms with Crippen molar-refractivity contribution in [3.8, 4) is 0 Å². The van der Waals surface area contributed by atoms with Crippen LogP contribution in [0.25, 0.3) is 0 Å². The molecule has 2 amide bonds. The lowest BCUT2D eigenvalue weighted by molar-refractivity contribution is -0.130. The molecule has 50 valence electrons. The first-order valence-corrected chi connectivity index (χ1v) is 3.81. The Labute approximate surface area is 71.7 Å². The first kappa shape index (κ1) is 7.33. The largest absolute Gasteiger partial charge is 0.274 e. The van der Waals surface area contributed by atoms with Crippen molar-refractivity contribution in [2.45, 2.75) is 11.7 Å². The van der Waals surface area contributed by atoms with Crippen LogP contribution in [-0.4, -0.2) is 20.2 Å². The van der Waals surface area contributed by atoms with Gasteiger partial charge >= 0.3 is 0 Å². The molecule has 1 aliphatic heterocycles. The van der Waals surface area contributed by atoms with Gasteiger partial charge in [0, 0.05) is 6.42 Å². The summed E-state index contributed by atoms with van der Waals surface area (Å²) in [5, 5.41) is -0.408. The summed E-state index contributed by atoms with van der Waals surface area (Å²) in [5.74, 6) is -0.357. The molecule has 0 aromatic heterocycles. The minimum absolute atomic E-state index is 0.152. The second-order valence-electron chi connectivity index (χ2n) is 1.73. The van der Waals surface area contributed by atoms with E-state index in [-0.39, 0.29) is 18.2 Å². The van der Waals surface area contributed by atoms with E-state index < -0.39 is 5.25 Å². The van der Waals surface area contributed by atoms with E-state index in [0.717, 1.165) is 3.11 Å². The minimum atomic E-state index is -0.408. The quantitative estimate of drug-likeness (QED) is 0.295. The molecule has 1 saturated heterocycles. The summed E-state index contributed by atoms with van der Waals surface area (Å²) in [5.41, 5.74) is 0. The molecule has 5 heteroatoms. The lowest BCUT2D eigenvalue weighted by atomic mass is 10.4. The molecular weight excluding hydrogens is 253 g/mol. The third-order valence-electron chi connectivity index (χ3n) is 1.07. The highest BCUT2D eigenvalue weighted by atomic mass is 127. The zero-order valence-corrected chi connectivity index (χ0v) is 7.43. The van der Waals surface area contributed by atoms with Gasteiger partial charge in [0.05, 0.1) is 28.1 Å². The predicted molar refractivity (Wildman–Crippen MR) is 43.3 cm³/mol. The van der Waals surface area contributed by atoms with Crippen molar-refractivity contribution < 1.29 is 9.59 Å². The average Bonchev–Trinajstić information content (AvgIpc) is 1.98. The first-order chi connectivity index (χ1) is 4.13. The average molecular weight is 257 g/mol. The Balaban J connectivity index is 2.77. The number of carbonyl (C=O) groups is 2. The molecule has 0 N–H and O–H groups in total. The maximum absolute atomic E-state index is 10.7. The third-order valence-corrected chi connectivity index (χ3v) is 2.48. The molecule has 0 bridgehead atoms. The lowest BCUT2D eigenvalue weighted by Crippen LogP contribution is -2.19. The molecule has 3 nitrogen and oxygen atoms in total. The molecule has 0 aromatic rings. The number of amides is 2. The van der Waals surface area contributed by atoms with Crippen molar-refractivity contribution in [1.29, 1.82) is 0 Å². The molecule has 1 rings (SSSR count). The van der Waals surface area contributed by atoms with Gasteiger partial charge in [-0.15, -0.1) is 0 Å². The zero-order valence-electron chi connectivity index (χ0n) is 4.37. The van der Waals surface area contributed by atoms with Crippen molar-refractivity contribution in [2.75, 3.05) is 0 Å². The second kappa shape index (κ2) is 2.45. The summed E-state index contributed by atoms with van der Waals surface area (Å²) in [4.78, 5) is 21.4. The van der Waals surface area contributed by atoms with Crippen LogP contribution in [0.1, 0.15) is 6.42 Å². The minimum Gasteiger partial charge on any atom is -0.274 e. The highest BCUT2D eigenvalue weighted by molar-refractivity contribution is 14.1. The predicted octanol–water partition coefficient (Wildman–Crippen LogP) is 0.394. The van der Waals surface area contributed by atoms with Crippen molar-refractivity contribution in [3.63, 3.8) is 0 Å². The van der Waals surface area contributed by atoms with Gasteiger partial charge in [0.25, 0.3) is 5.91 Å². The highest BCUT2D eigenvalue weighted by Crippen LogP contribution is 2.20. The van der Waals surface area contributed by atoms with Crippen LogP contribution in [0, 0.1) is 0 Å². The van der Waals surface area contributed by atoms with Crippen LogP contribution in [0.15, 0.2) is 0 Å². The van der Waals surface area contributed by atoms with Gasteiger partial charge in [-0.25, -0.2) is 3.11 Å².